The Morgan fingerprint density at radius 2 is 1.75 bits per heavy atom. The molecule has 5 aliphatic rings. The van der Waals surface area contributed by atoms with E-state index in [9.17, 15) is 29.7 Å². The van der Waals surface area contributed by atoms with Crippen molar-refractivity contribution in [2.45, 2.75) is 50.8 Å². The van der Waals surface area contributed by atoms with Gasteiger partial charge in [-0.3, -0.25) is 9.59 Å². The Kier molecular flexibility index (Phi) is 6.38. The highest BCUT2D eigenvalue weighted by atomic mass is 32.2. The van der Waals surface area contributed by atoms with Gasteiger partial charge in [0.1, 0.15) is 24.3 Å². The number of carbonyl (C=O) groups excluding carboxylic acids is 3. The molecule has 0 radical (unpaired) electrons. The average Bonchev–Trinajstić information content (AvgIpc) is 3.48. The van der Waals surface area contributed by atoms with Gasteiger partial charge in [0.25, 0.3) is 0 Å². The topological polar surface area (TPSA) is 165 Å². The number of fused-ring (bicyclic) bond motifs is 9. The molecule has 14 heteroatoms. The lowest BCUT2D eigenvalue weighted by molar-refractivity contribution is -0.156. The monoisotopic (exact) mass is 626 g/mol. The van der Waals surface area contributed by atoms with E-state index in [0.717, 1.165) is 11.8 Å². The van der Waals surface area contributed by atoms with Gasteiger partial charge < -0.3 is 48.8 Å². The maximum Gasteiger partial charge on any atom is 0.375 e. The van der Waals surface area contributed by atoms with Crippen LogP contribution in [0.4, 0.5) is 0 Å². The average molecular weight is 627 g/mol. The number of ketones is 1. The van der Waals surface area contributed by atoms with Crippen LogP contribution in [-0.4, -0.2) is 88.4 Å². The van der Waals surface area contributed by atoms with Crippen LogP contribution in [-0.2, 0) is 25.5 Å². The number of aliphatic hydroxyl groups excluding tert-OH is 1. The van der Waals surface area contributed by atoms with E-state index in [2.05, 4.69) is 0 Å². The van der Waals surface area contributed by atoms with Crippen LogP contribution >= 0.6 is 11.8 Å². The molecule has 1 saturated heterocycles. The van der Waals surface area contributed by atoms with Crippen LogP contribution in [0.1, 0.15) is 51.6 Å². The molecule has 0 saturated carbocycles. The van der Waals surface area contributed by atoms with E-state index in [1.165, 1.54) is 14.0 Å². The Morgan fingerprint density at radius 3 is 2.45 bits per heavy atom. The predicted octanol–water partition coefficient (Wildman–Crippen LogP) is 2.19. The lowest BCUT2D eigenvalue weighted by Crippen LogP contribution is -2.60. The van der Waals surface area contributed by atoms with Crippen LogP contribution in [0.25, 0.3) is 5.70 Å². The smallest absolute Gasteiger partial charge is 0.375 e. The molecule has 44 heavy (non-hydrogen) atoms. The molecule has 232 valence electrons. The number of nitrogens with zero attached hydrogens (tertiary/aromatic N) is 2. The first kappa shape index (κ1) is 28.5. The molecular formula is C30H30N2O11S. The number of ether oxygens (including phenoxy) is 5. The summed E-state index contributed by atoms with van der Waals surface area (Å²) in [5, 5.41) is 34.2. The highest BCUT2D eigenvalue weighted by Crippen LogP contribution is 2.64. The van der Waals surface area contributed by atoms with Gasteiger partial charge in [-0.2, -0.15) is 0 Å². The lowest BCUT2D eigenvalue weighted by Gasteiger charge is -2.56. The molecule has 2 aromatic carbocycles. The summed E-state index contributed by atoms with van der Waals surface area (Å²) in [4.78, 5) is 41.6. The van der Waals surface area contributed by atoms with E-state index in [1.54, 1.807) is 25.8 Å². The van der Waals surface area contributed by atoms with Crippen molar-refractivity contribution in [2.24, 2.45) is 0 Å². The number of phenolic OH excluding ortho intramolecular Hbond substituents is 2. The van der Waals surface area contributed by atoms with E-state index >= 15 is 0 Å². The maximum atomic E-state index is 12.9. The number of aromatic hydroxyl groups is 2. The van der Waals surface area contributed by atoms with Crippen molar-refractivity contribution >= 4 is 35.2 Å². The van der Waals surface area contributed by atoms with Gasteiger partial charge in [0.05, 0.1) is 47.2 Å². The maximum absolute atomic E-state index is 12.9. The molecule has 4 atom stereocenters. The largest absolute Gasteiger partial charge is 0.507 e. The van der Waals surface area contributed by atoms with Gasteiger partial charge in [-0.25, -0.2) is 4.79 Å². The van der Waals surface area contributed by atoms with E-state index in [0.29, 0.717) is 56.3 Å². The quantitative estimate of drug-likeness (QED) is 0.192. The number of carbonyl (C=O) groups is 3. The summed E-state index contributed by atoms with van der Waals surface area (Å²) < 4.78 is 28.6. The second-order valence-electron chi connectivity index (χ2n) is 11.3. The number of benzene rings is 2. The number of thioether (sulfide) groups is 1. The van der Waals surface area contributed by atoms with Crippen LogP contribution in [0, 0.1) is 13.8 Å². The number of Topliss-reactive ketones (excluding diaryl/α,β-unsaturated/α-hetero) is 1. The molecule has 0 unspecified atom stereocenters. The van der Waals surface area contributed by atoms with E-state index in [4.69, 9.17) is 23.7 Å². The zero-order chi connectivity index (χ0) is 31.4. The number of cyclic esters (lactones) is 1. The van der Waals surface area contributed by atoms with Crippen molar-refractivity contribution in [1.29, 1.82) is 0 Å². The standard InChI is InChI=1S/C30H30N2O11S/c1-10-22(35)13-6-14-29(37)32-15-7-40-30(38)16(34)8-44-28(21(32)20(31(14)4)17(13)23(36)25(10)39-5)19-18(15)27-26(41-9-42-27)11(2)24(19)43-12(3)33/h14-15,28-29,35-37H,6-9H2,1-5H3/t14-,15-,28+,29-/m0/s1. The normalized spacial score (nSPS) is 24.9. The van der Waals surface area contributed by atoms with Crippen molar-refractivity contribution in [1.82, 2.24) is 9.80 Å². The van der Waals surface area contributed by atoms with Gasteiger partial charge in [0.2, 0.25) is 12.6 Å². The van der Waals surface area contributed by atoms with Gasteiger partial charge >= 0.3 is 11.9 Å². The fourth-order valence-corrected chi connectivity index (χ4v) is 8.41. The molecule has 5 heterocycles. The van der Waals surface area contributed by atoms with E-state index in [1.807, 2.05) is 4.90 Å². The van der Waals surface area contributed by atoms with Crippen molar-refractivity contribution in [2.75, 3.05) is 33.3 Å². The van der Waals surface area contributed by atoms with Gasteiger partial charge in [0, 0.05) is 48.2 Å². The summed E-state index contributed by atoms with van der Waals surface area (Å²) >= 11 is 1.09. The molecule has 0 amide bonds. The molecular weight excluding hydrogens is 596 g/mol. The zero-order valence-electron chi connectivity index (χ0n) is 24.5. The first-order valence-corrected chi connectivity index (χ1v) is 15.0. The number of aliphatic hydroxyl groups is 1. The number of hydrogen-bond donors (Lipinski definition) is 3. The fraction of sp³-hybridized carbons (Fsp3) is 0.433. The third-order valence-corrected chi connectivity index (χ3v) is 10.3. The Balaban J connectivity index is 1.63. The van der Waals surface area contributed by atoms with E-state index in [-0.39, 0.29) is 48.6 Å². The van der Waals surface area contributed by atoms with Gasteiger partial charge in [0.15, 0.2) is 23.0 Å². The molecule has 13 nitrogen and oxygen atoms in total. The Bertz CT molecular complexity index is 1720. The second-order valence-corrected chi connectivity index (χ2v) is 12.4. The fourth-order valence-electron chi connectivity index (χ4n) is 7.18. The highest BCUT2D eigenvalue weighted by Gasteiger charge is 2.55. The lowest BCUT2D eigenvalue weighted by atomic mass is 9.78. The van der Waals surface area contributed by atoms with Crippen molar-refractivity contribution in [3.8, 4) is 34.5 Å². The van der Waals surface area contributed by atoms with Crippen LogP contribution < -0.4 is 18.9 Å². The summed E-state index contributed by atoms with van der Waals surface area (Å²) in [5.41, 5.74) is 3.55. The molecule has 3 N–H and O–H groups in total. The number of methoxy groups -OCH3 is 1. The molecule has 5 aliphatic heterocycles. The van der Waals surface area contributed by atoms with Crippen LogP contribution in [0.3, 0.4) is 0 Å². The second kappa shape index (κ2) is 9.86. The van der Waals surface area contributed by atoms with Crippen LogP contribution in [0.15, 0.2) is 5.70 Å². The van der Waals surface area contributed by atoms with Gasteiger partial charge in [-0.15, -0.1) is 11.8 Å². The number of esters is 2. The minimum absolute atomic E-state index is 0.0616. The zero-order valence-corrected chi connectivity index (χ0v) is 25.4. The van der Waals surface area contributed by atoms with Crippen LogP contribution in [0.5, 0.6) is 34.5 Å². The Morgan fingerprint density at radius 1 is 1.02 bits per heavy atom. The Labute approximate surface area is 255 Å². The predicted molar refractivity (Wildman–Crippen MR) is 154 cm³/mol. The number of likely N-dealkylation sites (N-methyl/N-ethyl adjacent to an activating group) is 1. The SMILES string of the molecule is COc1c(C)c(O)c2c(c1O)C1=C3[C@@H]4SCC(=O)C(=O)OC[C@@H](c5c6c(c(C)c(OC(C)=O)c54)OCO6)N3[C@@H](O)[C@H](C2)N1C. The first-order chi connectivity index (χ1) is 21.0. The minimum atomic E-state index is -1.21. The Hall–Kier alpha value is -4.30. The third-order valence-electron chi connectivity index (χ3n) is 9.07. The molecule has 2 aromatic rings. The molecule has 0 aromatic heterocycles. The molecule has 0 spiro atoms. The summed E-state index contributed by atoms with van der Waals surface area (Å²) in [6, 6.07) is -1.51. The first-order valence-electron chi connectivity index (χ1n) is 14.0. The molecule has 4 bridgehead atoms. The molecule has 1 fully saturated rings. The van der Waals surface area contributed by atoms with Crippen LogP contribution in [0.2, 0.25) is 0 Å². The number of phenols is 2. The summed E-state index contributed by atoms with van der Waals surface area (Å²) in [6.07, 6.45) is -1.04. The minimum Gasteiger partial charge on any atom is -0.507 e. The van der Waals surface area contributed by atoms with Gasteiger partial charge in [-0.05, 0) is 13.8 Å². The number of hydrogen-bond acceptors (Lipinski definition) is 14. The number of rotatable bonds is 2. The summed E-state index contributed by atoms with van der Waals surface area (Å²) in [6.45, 7) is 4.19. The third kappa shape index (κ3) is 3.67. The molecule has 7 rings (SSSR count). The van der Waals surface area contributed by atoms with Crippen molar-refractivity contribution in [3.63, 3.8) is 0 Å². The van der Waals surface area contributed by atoms with Gasteiger partial charge in [-0.1, -0.05) is 0 Å². The van der Waals surface area contributed by atoms with E-state index < -0.39 is 41.3 Å². The summed E-state index contributed by atoms with van der Waals surface area (Å²) in [7, 11) is 3.17. The summed E-state index contributed by atoms with van der Waals surface area (Å²) in [5.74, 6) is -1.86. The highest BCUT2D eigenvalue weighted by molar-refractivity contribution is 8.00. The molecule has 0 aliphatic carbocycles. The van der Waals surface area contributed by atoms with Crippen molar-refractivity contribution < 1.29 is 53.4 Å². The van der Waals surface area contributed by atoms with Crippen molar-refractivity contribution in [3.05, 3.63) is 39.1 Å².